The van der Waals surface area contributed by atoms with Gasteiger partial charge in [0.1, 0.15) is 6.10 Å². The number of carboxylic acids is 1. The second kappa shape index (κ2) is 7.35. The number of ether oxygens (including phenoxy) is 2. The lowest BCUT2D eigenvalue weighted by molar-refractivity contribution is -0.142. The first-order valence-corrected chi connectivity index (χ1v) is 7.81. The maximum absolute atomic E-state index is 12.3. The zero-order valence-corrected chi connectivity index (χ0v) is 13.6. The van der Waals surface area contributed by atoms with Crippen molar-refractivity contribution in [2.24, 2.45) is 11.8 Å². The lowest BCUT2D eigenvalue weighted by Crippen LogP contribution is -2.50. The molecule has 6 nitrogen and oxygen atoms in total. The molecule has 1 aliphatic rings. The summed E-state index contributed by atoms with van der Waals surface area (Å²) < 4.78 is 11.4. The third kappa shape index (κ3) is 4.37. The number of amides is 1. The van der Waals surface area contributed by atoms with Crippen molar-refractivity contribution in [1.29, 1.82) is 0 Å². The largest absolute Gasteiger partial charge is 0.482 e. The molecule has 0 saturated heterocycles. The van der Waals surface area contributed by atoms with E-state index in [0.29, 0.717) is 17.9 Å². The van der Waals surface area contributed by atoms with E-state index < -0.39 is 24.1 Å². The third-order valence-corrected chi connectivity index (χ3v) is 3.73. The summed E-state index contributed by atoms with van der Waals surface area (Å²) in [6.07, 6.45) is -0.729. The number of aliphatic carboxylic acids is 1. The second-order valence-electron chi connectivity index (χ2n) is 6.22. The fraction of sp³-hybridized carbons (Fsp3) is 0.529. The predicted octanol–water partition coefficient (Wildman–Crippen LogP) is 2.08. The number of benzene rings is 1. The Balaban J connectivity index is 1.96. The van der Waals surface area contributed by atoms with E-state index in [1.165, 1.54) is 0 Å². The topological polar surface area (TPSA) is 84.9 Å². The van der Waals surface area contributed by atoms with Gasteiger partial charge in [-0.3, -0.25) is 9.59 Å². The zero-order chi connectivity index (χ0) is 17.0. The summed E-state index contributed by atoms with van der Waals surface area (Å²) >= 11 is 0. The smallest absolute Gasteiger partial charge is 0.308 e. The molecule has 0 spiro atoms. The van der Waals surface area contributed by atoms with Gasteiger partial charge in [0, 0.05) is 6.54 Å². The minimum Gasteiger partial charge on any atom is -0.482 e. The fourth-order valence-electron chi connectivity index (χ4n) is 2.57. The maximum atomic E-state index is 12.3. The average Bonchev–Trinajstić information content (AvgIpc) is 2.49. The van der Waals surface area contributed by atoms with Crippen molar-refractivity contribution < 1.29 is 24.2 Å². The Morgan fingerprint density at radius 2 is 1.83 bits per heavy atom. The first kappa shape index (κ1) is 17.1. The standard InChI is InChI=1S/C17H23NO5/c1-10(2)8-12(17(20)21)9-18-16(19)15-11(3)22-13-6-4-5-7-14(13)23-15/h4-7,10-12,15H,8-9H2,1-3H3,(H,18,19)(H,20,21). The van der Waals surface area contributed by atoms with Crippen molar-refractivity contribution in [2.75, 3.05) is 6.54 Å². The van der Waals surface area contributed by atoms with Gasteiger partial charge in [-0.1, -0.05) is 26.0 Å². The molecule has 1 heterocycles. The first-order chi connectivity index (χ1) is 10.9. The third-order valence-electron chi connectivity index (χ3n) is 3.73. The van der Waals surface area contributed by atoms with Crippen molar-refractivity contribution in [3.05, 3.63) is 24.3 Å². The summed E-state index contributed by atoms with van der Waals surface area (Å²) in [6.45, 7) is 5.74. The number of carbonyl (C=O) groups is 2. The van der Waals surface area contributed by atoms with Crippen molar-refractivity contribution in [1.82, 2.24) is 5.32 Å². The van der Waals surface area contributed by atoms with Crippen LogP contribution in [-0.4, -0.2) is 35.7 Å². The van der Waals surface area contributed by atoms with Crippen LogP contribution >= 0.6 is 0 Å². The average molecular weight is 321 g/mol. The van der Waals surface area contributed by atoms with Gasteiger partial charge in [-0.05, 0) is 31.4 Å². The van der Waals surface area contributed by atoms with Gasteiger partial charge in [0.15, 0.2) is 11.5 Å². The van der Waals surface area contributed by atoms with Crippen LogP contribution in [0.25, 0.3) is 0 Å². The zero-order valence-electron chi connectivity index (χ0n) is 13.6. The Bertz CT molecular complexity index is 572. The highest BCUT2D eigenvalue weighted by Gasteiger charge is 2.34. The quantitative estimate of drug-likeness (QED) is 0.838. The van der Waals surface area contributed by atoms with E-state index in [-0.39, 0.29) is 18.4 Å². The van der Waals surface area contributed by atoms with E-state index >= 15 is 0 Å². The molecule has 2 N–H and O–H groups in total. The molecule has 0 aliphatic carbocycles. The number of rotatable bonds is 6. The Morgan fingerprint density at radius 1 is 1.22 bits per heavy atom. The molecule has 2 rings (SSSR count). The normalized spacial score (nSPS) is 20.9. The molecule has 3 atom stereocenters. The highest BCUT2D eigenvalue weighted by molar-refractivity contribution is 5.83. The lowest BCUT2D eigenvalue weighted by atomic mass is 9.97. The molecule has 0 saturated carbocycles. The molecule has 6 heteroatoms. The van der Waals surface area contributed by atoms with Gasteiger partial charge in [-0.2, -0.15) is 0 Å². The Labute approximate surface area is 135 Å². The summed E-state index contributed by atoms with van der Waals surface area (Å²) in [6, 6.07) is 7.15. The minimum absolute atomic E-state index is 0.0839. The summed E-state index contributed by atoms with van der Waals surface area (Å²) in [5, 5.41) is 11.9. The van der Waals surface area contributed by atoms with Crippen LogP contribution in [0.5, 0.6) is 11.5 Å². The highest BCUT2D eigenvalue weighted by Crippen LogP contribution is 2.33. The van der Waals surface area contributed by atoms with E-state index in [4.69, 9.17) is 9.47 Å². The number of para-hydroxylation sites is 2. The number of fused-ring (bicyclic) bond motifs is 1. The molecule has 126 valence electrons. The number of hydrogen-bond acceptors (Lipinski definition) is 4. The highest BCUT2D eigenvalue weighted by atomic mass is 16.6. The van der Waals surface area contributed by atoms with Crippen LogP contribution < -0.4 is 14.8 Å². The van der Waals surface area contributed by atoms with Gasteiger partial charge in [-0.15, -0.1) is 0 Å². The summed E-state index contributed by atoms with van der Waals surface area (Å²) in [7, 11) is 0. The van der Waals surface area contributed by atoms with Gasteiger partial charge in [-0.25, -0.2) is 0 Å². The second-order valence-corrected chi connectivity index (χ2v) is 6.22. The van der Waals surface area contributed by atoms with Crippen LogP contribution in [0.3, 0.4) is 0 Å². The summed E-state index contributed by atoms with van der Waals surface area (Å²) in [4.78, 5) is 23.6. The van der Waals surface area contributed by atoms with Crippen molar-refractivity contribution in [3.63, 3.8) is 0 Å². The molecule has 0 aromatic heterocycles. The van der Waals surface area contributed by atoms with Crippen molar-refractivity contribution in [3.8, 4) is 11.5 Å². The minimum atomic E-state index is -0.904. The van der Waals surface area contributed by atoms with Gasteiger partial charge in [0.05, 0.1) is 5.92 Å². The Hall–Kier alpha value is -2.24. The van der Waals surface area contributed by atoms with Crippen LogP contribution in [0.4, 0.5) is 0 Å². The molecule has 1 aromatic rings. The van der Waals surface area contributed by atoms with Crippen molar-refractivity contribution >= 4 is 11.9 Å². The van der Waals surface area contributed by atoms with E-state index in [0.717, 1.165) is 0 Å². The van der Waals surface area contributed by atoms with E-state index in [1.54, 1.807) is 25.1 Å². The molecule has 0 bridgehead atoms. The van der Waals surface area contributed by atoms with Crippen LogP contribution in [0, 0.1) is 11.8 Å². The summed E-state index contributed by atoms with van der Waals surface area (Å²) in [5.74, 6) is -0.505. The van der Waals surface area contributed by atoms with Crippen molar-refractivity contribution in [2.45, 2.75) is 39.4 Å². The Kier molecular flexibility index (Phi) is 5.47. The van der Waals surface area contributed by atoms with Gasteiger partial charge < -0.3 is 19.9 Å². The molecule has 3 unspecified atom stereocenters. The predicted molar refractivity (Wildman–Crippen MR) is 84.5 cm³/mol. The monoisotopic (exact) mass is 321 g/mol. The molecule has 23 heavy (non-hydrogen) atoms. The lowest BCUT2D eigenvalue weighted by Gasteiger charge is -2.31. The van der Waals surface area contributed by atoms with E-state index in [9.17, 15) is 14.7 Å². The van der Waals surface area contributed by atoms with Crippen LogP contribution in [-0.2, 0) is 9.59 Å². The first-order valence-electron chi connectivity index (χ1n) is 7.81. The Morgan fingerprint density at radius 3 is 2.39 bits per heavy atom. The van der Waals surface area contributed by atoms with Gasteiger partial charge in [0.25, 0.3) is 5.91 Å². The van der Waals surface area contributed by atoms with Crippen LogP contribution in [0.2, 0.25) is 0 Å². The molecular weight excluding hydrogens is 298 g/mol. The molecular formula is C17H23NO5. The SMILES string of the molecule is CC(C)CC(CNC(=O)C1Oc2ccccc2OC1C)C(=O)O. The van der Waals surface area contributed by atoms with Crippen LogP contribution in [0.1, 0.15) is 27.2 Å². The number of hydrogen-bond donors (Lipinski definition) is 2. The molecule has 0 radical (unpaired) electrons. The molecule has 1 aromatic carbocycles. The molecule has 0 fully saturated rings. The molecule has 1 aliphatic heterocycles. The van der Waals surface area contributed by atoms with Gasteiger partial charge in [0.2, 0.25) is 6.10 Å². The maximum Gasteiger partial charge on any atom is 0.308 e. The number of carboxylic acid groups (broad SMARTS) is 1. The van der Waals surface area contributed by atoms with Crippen LogP contribution in [0.15, 0.2) is 24.3 Å². The van der Waals surface area contributed by atoms with E-state index in [1.807, 2.05) is 19.9 Å². The number of carbonyl (C=O) groups excluding carboxylic acids is 1. The van der Waals surface area contributed by atoms with Gasteiger partial charge >= 0.3 is 5.97 Å². The number of nitrogens with one attached hydrogen (secondary N) is 1. The fourth-order valence-corrected chi connectivity index (χ4v) is 2.57. The molecule has 1 amide bonds. The summed E-state index contributed by atoms with van der Waals surface area (Å²) in [5.41, 5.74) is 0. The van der Waals surface area contributed by atoms with E-state index in [2.05, 4.69) is 5.32 Å².